The second kappa shape index (κ2) is 7.16. The van der Waals surface area contributed by atoms with Crippen molar-refractivity contribution in [1.29, 1.82) is 0 Å². The molecule has 0 aromatic carbocycles. The molecule has 0 saturated carbocycles. The summed E-state index contributed by atoms with van der Waals surface area (Å²) in [5.74, 6) is -0.367. The molecule has 0 aromatic heterocycles. The fourth-order valence-corrected chi connectivity index (χ4v) is 1.35. The van der Waals surface area contributed by atoms with Crippen LogP contribution in [0.5, 0.6) is 0 Å². The Morgan fingerprint density at radius 3 is 2.47 bits per heavy atom. The fraction of sp³-hybridized carbons (Fsp3) is 0.462. The molecule has 2 atom stereocenters. The summed E-state index contributed by atoms with van der Waals surface area (Å²) in [7, 11) is 0. The molecule has 84 valence electrons. The molecule has 0 saturated heterocycles. The molecule has 0 aliphatic heterocycles. The van der Waals surface area contributed by atoms with Crippen LogP contribution in [0.2, 0.25) is 0 Å². The van der Waals surface area contributed by atoms with E-state index >= 15 is 0 Å². The van der Waals surface area contributed by atoms with E-state index in [0.717, 1.165) is 12.7 Å². The lowest BCUT2D eigenvalue weighted by Gasteiger charge is -2.17. The maximum atomic E-state index is 13.0. The van der Waals surface area contributed by atoms with Gasteiger partial charge in [-0.1, -0.05) is 45.6 Å². The van der Waals surface area contributed by atoms with Gasteiger partial charge >= 0.3 is 0 Å². The maximum absolute atomic E-state index is 13.0. The summed E-state index contributed by atoms with van der Waals surface area (Å²) in [6.45, 7) is 10.8. The van der Waals surface area contributed by atoms with Crippen LogP contribution in [0.3, 0.4) is 0 Å². The smallest absolute Gasteiger partial charge is 0.123 e. The summed E-state index contributed by atoms with van der Waals surface area (Å²) in [6.07, 6.45) is 5.29. The van der Waals surface area contributed by atoms with Gasteiger partial charge in [-0.25, -0.2) is 4.39 Å². The molecule has 1 nitrogen and oxygen atoms in total. The van der Waals surface area contributed by atoms with Crippen molar-refractivity contribution in [3.8, 4) is 0 Å². The van der Waals surface area contributed by atoms with Crippen LogP contribution >= 0.6 is 0 Å². The Balaban J connectivity index is 4.63. The molecule has 0 aliphatic carbocycles. The summed E-state index contributed by atoms with van der Waals surface area (Å²) >= 11 is 0. The molecule has 15 heavy (non-hydrogen) atoms. The number of hydrogen-bond donors (Lipinski definition) is 0. The number of carbonyl (C=O) groups excluding carboxylic acids is 1. The first kappa shape index (κ1) is 13.8. The van der Waals surface area contributed by atoms with Crippen molar-refractivity contribution in [2.24, 2.45) is 11.8 Å². The van der Waals surface area contributed by atoms with Crippen molar-refractivity contribution in [2.45, 2.75) is 26.7 Å². The zero-order valence-electron chi connectivity index (χ0n) is 9.50. The lowest BCUT2D eigenvalue weighted by atomic mass is 9.87. The summed E-state index contributed by atoms with van der Waals surface area (Å²) < 4.78 is 13.0. The van der Waals surface area contributed by atoms with E-state index in [1.165, 1.54) is 6.08 Å². The number of aldehydes is 1. The minimum Gasteiger partial charge on any atom is -0.303 e. The predicted molar refractivity (Wildman–Crippen MR) is 62.2 cm³/mol. The Morgan fingerprint density at radius 1 is 1.53 bits per heavy atom. The second-order valence-electron chi connectivity index (χ2n) is 3.72. The molecule has 0 N–H and O–H groups in total. The van der Waals surface area contributed by atoms with Gasteiger partial charge in [-0.2, -0.15) is 0 Å². The van der Waals surface area contributed by atoms with E-state index in [2.05, 4.69) is 13.2 Å². The van der Waals surface area contributed by atoms with E-state index in [9.17, 15) is 9.18 Å². The van der Waals surface area contributed by atoms with Crippen LogP contribution in [0.25, 0.3) is 0 Å². The lowest BCUT2D eigenvalue weighted by molar-refractivity contribution is -0.112. The van der Waals surface area contributed by atoms with E-state index in [-0.39, 0.29) is 11.8 Å². The monoisotopic (exact) mass is 210 g/mol. The average Bonchev–Trinajstić information content (AvgIpc) is 2.22. The zero-order chi connectivity index (χ0) is 11.8. The summed E-state index contributed by atoms with van der Waals surface area (Å²) in [4.78, 5) is 10.9. The van der Waals surface area contributed by atoms with Gasteiger partial charge in [0.2, 0.25) is 0 Å². The van der Waals surface area contributed by atoms with Crippen LogP contribution in [0.15, 0.2) is 36.7 Å². The predicted octanol–water partition coefficient (Wildman–Crippen LogP) is 3.83. The molecule has 0 aliphatic rings. The Kier molecular flexibility index (Phi) is 6.59. The van der Waals surface area contributed by atoms with Gasteiger partial charge in [0.05, 0.1) is 0 Å². The highest BCUT2D eigenvalue weighted by Crippen LogP contribution is 2.25. The third-order valence-electron chi connectivity index (χ3n) is 2.67. The van der Waals surface area contributed by atoms with E-state index in [1.54, 1.807) is 6.08 Å². The van der Waals surface area contributed by atoms with Gasteiger partial charge < -0.3 is 4.79 Å². The minimum atomic E-state index is -0.481. The van der Waals surface area contributed by atoms with Crippen LogP contribution in [0.4, 0.5) is 4.39 Å². The summed E-state index contributed by atoms with van der Waals surface area (Å²) in [6, 6.07) is 0. The topological polar surface area (TPSA) is 17.1 Å². The minimum absolute atomic E-state index is 0.145. The second-order valence-corrected chi connectivity index (χ2v) is 3.72. The summed E-state index contributed by atoms with van der Waals surface area (Å²) in [5, 5.41) is 0. The van der Waals surface area contributed by atoms with E-state index in [4.69, 9.17) is 0 Å². The van der Waals surface area contributed by atoms with Crippen LogP contribution < -0.4 is 0 Å². The first-order valence-corrected chi connectivity index (χ1v) is 5.18. The molecule has 2 heteroatoms. The van der Waals surface area contributed by atoms with Gasteiger partial charge in [-0.05, 0) is 17.9 Å². The van der Waals surface area contributed by atoms with Crippen molar-refractivity contribution in [2.75, 3.05) is 0 Å². The summed E-state index contributed by atoms with van der Waals surface area (Å²) in [5.41, 5.74) is 0.461. The Hall–Kier alpha value is -1.18. The third-order valence-corrected chi connectivity index (χ3v) is 2.67. The quantitative estimate of drug-likeness (QED) is 0.461. The van der Waals surface area contributed by atoms with Gasteiger partial charge in [0, 0.05) is 5.92 Å². The molecule has 0 amide bonds. The molecule has 0 bridgehead atoms. The van der Waals surface area contributed by atoms with Crippen LogP contribution in [0.1, 0.15) is 26.7 Å². The van der Waals surface area contributed by atoms with E-state index < -0.39 is 5.83 Å². The van der Waals surface area contributed by atoms with E-state index in [1.807, 2.05) is 13.8 Å². The SMILES string of the molecule is C=C/C=C(/CC(C=O)C(C)CC)C(=C)F. The Bertz CT molecular complexity index is 266. The standard InChI is InChI=1S/C13H19FO/c1-5-7-12(11(4)14)8-13(9-15)10(3)6-2/h5,7,9-10,13H,1,4,6,8H2,2-3H3/b12-7-. The van der Waals surface area contributed by atoms with Crippen LogP contribution in [-0.4, -0.2) is 6.29 Å². The number of carbonyl (C=O) groups is 1. The van der Waals surface area contributed by atoms with Crippen molar-refractivity contribution in [3.05, 3.63) is 36.7 Å². The molecule has 0 radical (unpaired) electrons. The maximum Gasteiger partial charge on any atom is 0.123 e. The van der Waals surface area contributed by atoms with Gasteiger partial charge in [0.25, 0.3) is 0 Å². The normalized spacial score (nSPS) is 15.5. The van der Waals surface area contributed by atoms with Gasteiger partial charge in [-0.3, -0.25) is 0 Å². The number of allylic oxidation sites excluding steroid dienone is 4. The van der Waals surface area contributed by atoms with Crippen molar-refractivity contribution in [3.63, 3.8) is 0 Å². The first-order valence-electron chi connectivity index (χ1n) is 5.18. The van der Waals surface area contributed by atoms with Gasteiger partial charge in [0.15, 0.2) is 0 Å². The highest BCUT2D eigenvalue weighted by atomic mass is 19.1. The number of rotatable bonds is 7. The van der Waals surface area contributed by atoms with Crippen molar-refractivity contribution in [1.82, 2.24) is 0 Å². The molecule has 2 unspecified atom stereocenters. The van der Waals surface area contributed by atoms with Gasteiger partial charge in [-0.15, -0.1) is 0 Å². The molecule has 0 heterocycles. The van der Waals surface area contributed by atoms with Crippen molar-refractivity contribution >= 4 is 6.29 Å². The highest BCUT2D eigenvalue weighted by Gasteiger charge is 2.17. The molecular weight excluding hydrogens is 191 g/mol. The van der Waals surface area contributed by atoms with Crippen molar-refractivity contribution < 1.29 is 9.18 Å². The van der Waals surface area contributed by atoms with Crippen LogP contribution in [-0.2, 0) is 4.79 Å². The molecule has 0 fully saturated rings. The van der Waals surface area contributed by atoms with E-state index in [0.29, 0.717) is 12.0 Å². The first-order chi connectivity index (χ1) is 7.06. The Labute approximate surface area is 91.4 Å². The number of halogens is 1. The molecule has 0 rings (SSSR count). The molecule has 0 spiro atoms. The highest BCUT2D eigenvalue weighted by molar-refractivity contribution is 5.55. The van der Waals surface area contributed by atoms with Crippen LogP contribution in [0, 0.1) is 11.8 Å². The third kappa shape index (κ3) is 4.73. The largest absolute Gasteiger partial charge is 0.303 e. The Morgan fingerprint density at radius 2 is 2.13 bits per heavy atom. The number of hydrogen-bond acceptors (Lipinski definition) is 1. The zero-order valence-corrected chi connectivity index (χ0v) is 9.50. The van der Waals surface area contributed by atoms with Gasteiger partial charge in [0.1, 0.15) is 12.1 Å². The average molecular weight is 210 g/mol. The lowest BCUT2D eigenvalue weighted by Crippen LogP contribution is -2.13. The fourth-order valence-electron chi connectivity index (χ4n) is 1.35. The molecule has 0 aromatic rings. The molecular formula is C13H19FO.